The van der Waals surface area contributed by atoms with Gasteiger partial charge in [0, 0.05) is 25.7 Å². The molecule has 1 saturated carbocycles. The molecule has 3 unspecified atom stereocenters. The minimum Gasteiger partial charge on any atom is -0.372 e. The zero-order valence-corrected chi connectivity index (χ0v) is 15.5. The Bertz CT molecular complexity index is 471. The Hall–Kier alpha value is -0.670. The predicted octanol–water partition coefficient (Wildman–Crippen LogP) is 3.83. The van der Waals surface area contributed by atoms with Crippen LogP contribution in [-0.2, 0) is 14.2 Å². The van der Waals surface area contributed by atoms with Crippen molar-refractivity contribution in [2.75, 3.05) is 6.61 Å². The highest BCUT2D eigenvalue weighted by atomic mass is 16.6. The number of rotatable bonds is 7. The normalized spacial score (nSPS) is 37.4. The summed E-state index contributed by atoms with van der Waals surface area (Å²) in [6.07, 6.45) is 11.4. The topological polar surface area (TPSA) is 71.7 Å². The second-order valence-electron chi connectivity index (χ2n) is 8.03. The molecule has 1 N–H and O–H groups in total. The summed E-state index contributed by atoms with van der Waals surface area (Å²) in [7, 11) is 0. The molecule has 5 heteroatoms. The lowest BCUT2D eigenvalue weighted by atomic mass is 9.83. The van der Waals surface area contributed by atoms with Crippen molar-refractivity contribution in [3.63, 3.8) is 0 Å². The van der Waals surface area contributed by atoms with E-state index in [1.165, 1.54) is 6.42 Å². The van der Waals surface area contributed by atoms with Gasteiger partial charge in [0.25, 0.3) is 0 Å². The molecule has 3 rings (SSSR count). The van der Waals surface area contributed by atoms with Crippen LogP contribution in [0.25, 0.3) is 0 Å². The molecule has 0 aromatic rings. The summed E-state index contributed by atoms with van der Waals surface area (Å²) in [5, 5.41) is 19.3. The number of nitriles is 1. The highest BCUT2D eigenvalue weighted by Gasteiger charge is 2.51. The van der Waals surface area contributed by atoms with Crippen LogP contribution in [0.2, 0.25) is 0 Å². The molecule has 3 aliphatic rings. The fraction of sp³-hybridized carbons (Fsp3) is 0.950. The summed E-state index contributed by atoms with van der Waals surface area (Å²) in [5.41, 5.74) is -0.190. The van der Waals surface area contributed by atoms with Crippen molar-refractivity contribution in [1.29, 1.82) is 5.26 Å². The van der Waals surface area contributed by atoms with E-state index in [-0.39, 0.29) is 23.9 Å². The summed E-state index contributed by atoms with van der Waals surface area (Å²) in [5.74, 6) is -0.912. The molecule has 5 nitrogen and oxygen atoms in total. The maximum Gasteiger partial charge on any atom is 0.165 e. The standard InChI is InChI=1S/C20H33NO4/c1-2-19-15-17(10-14-23-20(22)11-4-3-5-12-20)24-18(19)9-8-16(25-19)7-6-13-21/h16-18,22H,2-12,14-15H2,1H3/t16-,17?,18?,19?/m0/s1. The second kappa shape index (κ2) is 8.35. The fourth-order valence-corrected chi connectivity index (χ4v) is 4.79. The summed E-state index contributed by atoms with van der Waals surface area (Å²) in [4.78, 5) is 0. The van der Waals surface area contributed by atoms with Gasteiger partial charge in [-0.2, -0.15) is 5.26 Å². The summed E-state index contributed by atoms with van der Waals surface area (Å²) < 4.78 is 18.5. The van der Waals surface area contributed by atoms with E-state index in [4.69, 9.17) is 19.5 Å². The summed E-state index contributed by atoms with van der Waals surface area (Å²) in [6, 6.07) is 2.23. The van der Waals surface area contributed by atoms with E-state index in [0.717, 1.165) is 64.2 Å². The van der Waals surface area contributed by atoms with Crippen LogP contribution in [0, 0.1) is 11.3 Å². The molecule has 3 fully saturated rings. The Morgan fingerprint density at radius 3 is 2.68 bits per heavy atom. The lowest BCUT2D eigenvalue weighted by Crippen LogP contribution is -2.47. The minimum atomic E-state index is -0.912. The van der Waals surface area contributed by atoms with E-state index in [0.29, 0.717) is 13.0 Å². The lowest BCUT2D eigenvalue weighted by Gasteiger charge is -2.41. The van der Waals surface area contributed by atoms with Crippen LogP contribution in [-0.4, -0.2) is 41.4 Å². The van der Waals surface area contributed by atoms with E-state index >= 15 is 0 Å². The maximum atomic E-state index is 10.5. The van der Waals surface area contributed by atoms with Crippen molar-refractivity contribution in [2.45, 2.75) is 114 Å². The Morgan fingerprint density at radius 1 is 1.16 bits per heavy atom. The third-order valence-corrected chi connectivity index (χ3v) is 6.29. The van der Waals surface area contributed by atoms with Gasteiger partial charge in [-0.25, -0.2) is 0 Å². The monoisotopic (exact) mass is 351 g/mol. The van der Waals surface area contributed by atoms with Crippen LogP contribution < -0.4 is 0 Å². The molecule has 0 radical (unpaired) electrons. The minimum absolute atomic E-state index is 0.145. The average Bonchev–Trinajstić information content (AvgIpc) is 2.98. The van der Waals surface area contributed by atoms with Crippen LogP contribution in [0.1, 0.15) is 84.0 Å². The predicted molar refractivity (Wildman–Crippen MR) is 93.9 cm³/mol. The third kappa shape index (κ3) is 4.54. The number of hydrogen-bond donors (Lipinski definition) is 1. The Balaban J connectivity index is 1.48. The molecule has 142 valence electrons. The largest absolute Gasteiger partial charge is 0.372 e. The van der Waals surface area contributed by atoms with Crippen LogP contribution >= 0.6 is 0 Å². The molecular formula is C20H33NO4. The van der Waals surface area contributed by atoms with Gasteiger partial charge in [0.05, 0.1) is 36.6 Å². The van der Waals surface area contributed by atoms with Gasteiger partial charge in [-0.05, 0) is 44.9 Å². The van der Waals surface area contributed by atoms with Crippen molar-refractivity contribution in [1.82, 2.24) is 0 Å². The molecule has 4 atom stereocenters. The fourth-order valence-electron chi connectivity index (χ4n) is 4.79. The zero-order chi connectivity index (χ0) is 17.8. The van der Waals surface area contributed by atoms with Crippen LogP contribution in [0.15, 0.2) is 0 Å². The van der Waals surface area contributed by atoms with Gasteiger partial charge >= 0.3 is 0 Å². The van der Waals surface area contributed by atoms with Gasteiger partial charge in [0.15, 0.2) is 5.79 Å². The molecule has 25 heavy (non-hydrogen) atoms. The quantitative estimate of drug-likeness (QED) is 0.706. The van der Waals surface area contributed by atoms with Crippen molar-refractivity contribution in [3.05, 3.63) is 0 Å². The Morgan fingerprint density at radius 2 is 1.96 bits per heavy atom. The molecule has 0 bridgehead atoms. The highest BCUT2D eigenvalue weighted by molar-refractivity contribution is 5.00. The highest BCUT2D eigenvalue weighted by Crippen LogP contribution is 2.45. The van der Waals surface area contributed by atoms with E-state index in [2.05, 4.69) is 13.0 Å². The van der Waals surface area contributed by atoms with Crippen LogP contribution in [0.3, 0.4) is 0 Å². The van der Waals surface area contributed by atoms with Crippen molar-refractivity contribution in [2.24, 2.45) is 0 Å². The summed E-state index contributed by atoms with van der Waals surface area (Å²) >= 11 is 0. The second-order valence-corrected chi connectivity index (χ2v) is 8.03. The Kier molecular flexibility index (Phi) is 6.38. The summed E-state index contributed by atoms with van der Waals surface area (Å²) in [6.45, 7) is 2.72. The molecule has 2 aliphatic heterocycles. The van der Waals surface area contributed by atoms with Gasteiger partial charge in [-0.3, -0.25) is 0 Å². The first-order valence-corrected chi connectivity index (χ1v) is 10.2. The Labute approximate surface area is 151 Å². The first-order chi connectivity index (χ1) is 12.1. The first-order valence-electron chi connectivity index (χ1n) is 10.2. The first kappa shape index (κ1) is 19.1. The number of fused-ring (bicyclic) bond motifs is 1. The lowest BCUT2D eigenvalue weighted by molar-refractivity contribution is -0.223. The molecule has 0 amide bonds. The van der Waals surface area contributed by atoms with Crippen LogP contribution in [0.5, 0.6) is 0 Å². The van der Waals surface area contributed by atoms with E-state index in [1.54, 1.807) is 0 Å². The van der Waals surface area contributed by atoms with Gasteiger partial charge in [0.1, 0.15) is 0 Å². The van der Waals surface area contributed by atoms with Crippen molar-refractivity contribution in [3.8, 4) is 6.07 Å². The van der Waals surface area contributed by atoms with Crippen molar-refractivity contribution < 1.29 is 19.3 Å². The SMILES string of the molecule is CCC12CC(CCOC3(O)CCCCC3)OC1CC[C@H](CCC#N)O2. The molecule has 0 aromatic heterocycles. The smallest absolute Gasteiger partial charge is 0.165 e. The molecule has 1 aliphatic carbocycles. The number of hydrogen-bond acceptors (Lipinski definition) is 5. The average molecular weight is 351 g/mol. The van der Waals surface area contributed by atoms with Gasteiger partial charge < -0.3 is 19.3 Å². The third-order valence-electron chi connectivity index (χ3n) is 6.29. The van der Waals surface area contributed by atoms with Crippen LogP contribution in [0.4, 0.5) is 0 Å². The zero-order valence-electron chi connectivity index (χ0n) is 15.5. The number of ether oxygens (including phenoxy) is 3. The van der Waals surface area contributed by atoms with Crippen molar-refractivity contribution >= 4 is 0 Å². The molecule has 0 aromatic carbocycles. The maximum absolute atomic E-state index is 10.5. The van der Waals surface area contributed by atoms with E-state index < -0.39 is 5.79 Å². The van der Waals surface area contributed by atoms with Gasteiger partial charge in [-0.15, -0.1) is 0 Å². The molecule has 2 saturated heterocycles. The van der Waals surface area contributed by atoms with E-state index in [9.17, 15) is 5.11 Å². The molecule has 0 spiro atoms. The van der Waals surface area contributed by atoms with Gasteiger partial charge in [-0.1, -0.05) is 13.3 Å². The number of aliphatic hydroxyl groups is 1. The van der Waals surface area contributed by atoms with E-state index in [1.807, 2.05) is 0 Å². The molecular weight excluding hydrogens is 318 g/mol. The molecule has 2 heterocycles. The number of nitrogens with zero attached hydrogens (tertiary/aromatic N) is 1. The van der Waals surface area contributed by atoms with Gasteiger partial charge in [0.2, 0.25) is 0 Å².